The van der Waals surface area contributed by atoms with Crippen molar-refractivity contribution < 1.29 is 4.79 Å². The lowest BCUT2D eigenvalue weighted by Crippen LogP contribution is -2.16. The number of anilines is 1. The van der Waals surface area contributed by atoms with Crippen LogP contribution >= 0.6 is 23.1 Å². The summed E-state index contributed by atoms with van der Waals surface area (Å²) < 4.78 is 0. The number of aryl methyl sites for hydroxylation is 3. The summed E-state index contributed by atoms with van der Waals surface area (Å²) in [7, 11) is 0. The van der Waals surface area contributed by atoms with E-state index < -0.39 is 0 Å². The molecule has 0 unspecified atom stereocenters. The molecule has 0 atom stereocenters. The minimum absolute atomic E-state index is 0.156. The minimum Gasteiger partial charge on any atom is -0.294 e. The third-order valence-corrected chi connectivity index (χ3v) is 5.42. The summed E-state index contributed by atoms with van der Waals surface area (Å²) in [6, 6.07) is 1.78. The van der Waals surface area contributed by atoms with Crippen molar-refractivity contribution in [2.24, 2.45) is 0 Å². The second-order valence-corrected chi connectivity index (χ2v) is 7.17. The Morgan fingerprint density at radius 2 is 2.09 bits per heavy atom. The lowest BCUT2D eigenvalue weighted by Gasteiger charge is -2.05. The molecule has 0 aromatic carbocycles. The molecule has 6 nitrogen and oxygen atoms in total. The van der Waals surface area contributed by atoms with Crippen LogP contribution in [0.1, 0.15) is 16.1 Å². The van der Waals surface area contributed by atoms with Crippen LogP contribution in [0.4, 0.5) is 5.95 Å². The van der Waals surface area contributed by atoms with Gasteiger partial charge in [0.1, 0.15) is 16.2 Å². The van der Waals surface area contributed by atoms with Crippen LogP contribution in [0.3, 0.4) is 0 Å². The van der Waals surface area contributed by atoms with E-state index in [9.17, 15) is 4.79 Å². The summed E-state index contributed by atoms with van der Waals surface area (Å²) in [5, 5.41) is 4.57. The molecule has 0 aliphatic heterocycles. The molecule has 0 aliphatic carbocycles. The largest absolute Gasteiger partial charge is 0.294 e. The smallest absolute Gasteiger partial charge is 0.237 e. The van der Waals surface area contributed by atoms with Gasteiger partial charge in [-0.15, -0.1) is 11.3 Å². The Labute approximate surface area is 141 Å². The molecule has 1 amide bonds. The number of nitrogens with zero attached hydrogens (tertiary/aromatic N) is 4. The number of rotatable bonds is 4. The van der Waals surface area contributed by atoms with E-state index in [4.69, 9.17) is 0 Å². The van der Waals surface area contributed by atoms with Crippen LogP contribution in [0.5, 0.6) is 0 Å². The van der Waals surface area contributed by atoms with E-state index in [0.717, 1.165) is 20.9 Å². The summed E-state index contributed by atoms with van der Waals surface area (Å²) >= 11 is 3.04. The lowest BCUT2D eigenvalue weighted by molar-refractivity contribution is -0.113. The first-order valence-electron chi connectivity index (χ1n) is 6.97. The fourth-order valence-corrected chi connectivity index (χ4v) is 3.98. The molecule has 3 aromatic heterocycles. The first-order chi connectivity index (χ1) is 11.0. The van der Waals surface area contributed by atoms with Crippen molar-refractivity contribution in [3.63, 3.8) is 0 Å². The van der Waals surface area contributed by atoms with Crippen molar-refractivity contribution in [1.82, 2.24) is 19.9 Å². The molecule has 118 valence electrons. The first-order valence-corrected chi connectivity index (χ1v) is 8.78. The molecule has 0 saturated heterocycles. The van der Waals surface area contributed by atoms with Crippen LogP contribution in [-0.2, 0) is 4.79 Å². The molecule has 0 saturated carbocycles. The van der Waals surface area contributed by atoms with E-state index in [1.807, 2.05) is 6.92 Å². The van der Waals surface area contributed by atoms with Gasteiger partial charge in [0.05, 0.1) is 5.75 Å². The van der Waals surface area contributed by atoms with E-state index in [1.165, 1.54) is 22.2 Å². The van der Waals surface area contributed by atoms with Crippen LogP contribution in [0.2, 0.25) is 0 Å². The van der Waals surface area contributed by atoms with Crippen LogP contribution in [0, 0.1) is 20.8 Å². The first kappa shape index (κ1) is 15.8. The van der Waals surface area contributed by atoms with Gasteiger partial charge in [0.2, 0.25) is 11.9 Å². The highest BCUT2D eigenvalue weighted by Crippen LogP contribution is 2.34. The maximum Gasteiger partial charge on any atom is 0.237 e. The van der Waals surface area contributed by atoms with Crippen LogP contribution < -0.4 is 5.32 Å². The van der Waals surface area contributed by atoms with Crippen molar-refractivity contribution in [1.29, 1.82) is 0 Å². The second kappa shape index (κ2) is 6.59. The van der Waals surface area contributed by atoms with Crippen molar-refractivity contribution >= 4 is 45.2 Å². The number of thiophene rings is 1. The molecule has 3 heterocycles. The van der Waals surface area contributed by atoms with Crippen molar-refractivity contribution in [3.05, 3.63) is 34.7 Å². The predicted molar refractivity (Wildman–Crippen MR) is 93.0 cm³/mol. The normalized spacial score (nSPS) is 10.9. The standard InChI is InChI=1S/C15H15N5OS2/c1-8-4-5-16-15(19-8)20-11(21)6-22-13-12-9(2)10(3)23-14(12)18-7-17-13/h4-5,7H,6H2,1-3H3,(H,16,19,20,21). The average Bonchev–Trinajstić information content (AvgIpc) is 2.81. The number of hydrogen-bond acceptors (Lipinski definition) is 7. The fraction of sp³-hybridized carbons (Fsp3) is 0.267. The molecule has 0 aliphatic rings. The molecule has 0 radical (unpaired) electrons. The van der Waals surface area contributed by atoms with Gasteiger partial charge in [-0.25, -0.2) is 19.9 Å². The lowest BCUT2D eigenvalue weighted by atomic mass is 10.2. The number of carbonyl (C=O) groups is 1. The minimum atomic E-state index is -0.156. The quantitative estimate of drug-likeness (QED) is 0.578. The van der Waals surface area contributed by atoms with Gasteiger partial charge in [0.15, 0.2) is 0 Å². The van der Waals surface area contributed by atoms with Gasteiger partial charge in [0, 0.05) is 22.2 Å². The Hall–Kier alpha value is -2.06. The Morgan fingerprint density at radius 1 is 1.26 bits per heavy atom. The highest BCUT2D eigenvalue weighted by molar-refractivity contribution is 8.00. The number of nitrogens with one attached hydrogen (secondary N) is 1. The van der Waals surface area contributed by atoms with E-state index in [0.29, 0.717) is 5.95 Å². The van der Waals surface area contributed by atoms with E-state index in [2.05, 4.69) is 39.1 Å². The van der Waals surface area contributed by atoms with Crippen LogP contribution in [0.25, 0.3) is 10.2 Å². The zero-order valence-corrected chi connectivity index (χ0v) is 14.6. The van der Waals surface area contributed by atoms with E-state index in [1.54, 1.807) is 29.9 Å². The van der Waals surface area contributed by atoms with E-state index in [-0.39, 0.29) is 11.7 Å². The third kappa shape index (κ3) is 3.48. The Morgan fingerprint density at radius 3 is 2.87 bits per heavy atom. The highest BCUT2D eigenvalue weighted by Gasteiger charge is 2.14. The van der Waals surface area contributed by atoms with Crippen LogP contribution in [-0.4, -0.2) is 31.6 Å². The Kier molecular flexibility index (Phi) is 4.53. The highest BCUT2D eigenvalue weighted by atomic mass is 32.2. The molecule has 23 heavy (non-hydrogen) atoms. The molecule has 3 rings (SSSR count). The van der Waals surface area contributed by atoms with Gasteiger partial charge in [-0.05, 0) is 32.4 Å². The maximum absolute atomic E-state index is 12.1. The number of fused-ring (bicyclic) bond motifs is 1. The van der Waals surface area contributed by atoms with Crippen LogP contribution in [0.15, 0.2) is 23.6 Å². The molecule has 8 heteroatoms. The number of aromatic nitrogens is 4. The van der Waals surface area contributed by atoms with Crippen molar-refractivity contribution in [2.45, 2.75) is 25.8 Å². The number of amides is 1. The number of thioether (sulfide) groups is 1. The fourth-order valence-electron chi connectivity index (χ4n) is 2.06. The molecule has 1 N–H and O–H groups in total. The Balaban J connectivity index is 1.72. The van der Waals surface area contributed by atoms with Gasteiger partial charge >= 0.3 is 0 Å². The predicted octanol–water partition coefficient (Wildman–Crippen LogP) is 3.14. The summed E-state index contributed by atoms with van der Waals surface area (Å²) in [4.78, 5) is 31.1. The topological polar surface area (TPSA) is 80.7 Å². The number of hydrogen-bond donors (Lipinski definition) is 1. The molecule has 0 spiro atoms. The number of carbonyl (C=O) groups excluding carboxylic acids is 1. The zero-order valence-electron chi connectivity index (χ0n) is 13.0. The van der Waals surface area contributed by atoms with Gasteiger partial charge in [-0.2, -0.15) is 0 Å². The monoisotopic (exact) mass is 345 g/mol. The second-order valence-electron chi connectivity index (χ2n) is 5.00. The molecular weight excluding hydrogens is 330 g/mol. The summed E-state index contributed by atoms with van der Waals surface area (Å²) in [5.74, 6) is 0.417. The Bertz CT molecular complexity index is 877. The summed E-state index contributed by atoms with van der Waals surface area (Å²) in [6.45, 7) is 5.98. The van der Waals surface area contributed by atoms with Crippen molar-refractivity contribution in [2.75, 3.05) is 11.1 Å². The SMILES string of the molecule is Cc1ccnc(NC(=O)CSc2ncnc3sc(C)c(C)c23)n1. The third-order valence-electron chi connectivity index (χ3n) is 3.32. The molecule has 0 fully saturated rings. The molecule has 3 aromatic rings. The van der Waals surface area contributed by atoms with Gasteiger partial charge < -0.3 is 0 Å². The maximum atomic E-state index is 12.1. The van der Waals surface area contributed by atoms with Gasteiger partial charge in [-0.1, -0.05) is 11.8 Å². The summed E-state index contributed by atoms with van der Waals surface area (Å²) in [6.07, 6.45) is 3.16. The molecule has 0 bridgehead atoms. The van der Waals surface area contributed by atoms with Gasteiger partial charge in [0.25, 0.3) is 0 Å². The molecular formula is C15H15N5OS2. The average molecular weight is 345 g/mol. The van der Waals surface area contributed by atoms with E-state index >= 15 is 0 Å². The zero-order chi connectivity index (χ0) is 16.4. The van der Waals surface area contributed by atoms with Gasteiger partial charge in [-0.3, -0.25) is 10.1 Å². The summed E-state index contributed by atoms with van der Waals surface area (Å²) in [5.41, 5.74) is 1.99. The van der Waals surface area contributed by atoms with Crippen molar-refractivity contribution in [3.8, 4) is 0 Å².